The molecule has 0 saturated heterocycles. The Morgan fingerprint density at radius 3 is 2.38 bits per heavy atom. The van der Waals surface area contributed by atoms with Crippen LogP contribution >= 0.6 is 0 Å². The lowest BCUT2D eigenvalue weighted by Gasteiger charge is -2.29. The van der Waals surface area contributed by atoms with Gasteiger partial charge in [0, 0.05) is 18.6 Å². The van der Waals surface area contributed by atoms with Crippen molar-refractivity contribution in [2.75, 3.05) is 7.11 Å². The molecule has 0 aliphatic heterocycles. The van der Waals surface area contributed by atoms with Crippen LogP contribution in [0.2, 0.25) is 0 Å². The summed E-state index contributed by atoms with van der Waals surface area (Å²) >= 11 is 0. The monoisotopic (exact) mass is 290 g/mol. The number of hydrogen-bond donors (Lipinski definition) is 1. The summed E-state index contributed by atoms with van der Waals surface area (Å²) in [7, 11) is 1.67. The molecular formula is C17H26N2O2. The molecule has 1 aliphatic rings. The Labute approximate surface area is 127 Å². The second-order valence-corrected chi connectivity index (χ2v) is 6.09. The summed E-state index contributed by atoms with van der Waals surface area (Å²) in [6.07, 6.45) is 2.38. The third kappa shape index (κ3) is 4.46. The van der Waals surface area contributed by atoms with Crippen LogP contribution in [-0.4, -0.2) is 36.0 Å². The lowest BCUT2D eigenvalue weighted by molar-refractivity contribution is -0.126. The highest BCUT2D eigenvalue weighted by molar-refractivity contribution is 5.81. The van der Waals surface area contributed by atoms with E-state index in [0.717, 1.165) is 12.3 Å². The minimum absolute atomic E-state index is 0.0954. The van der Waals surface area contributed by atoms with E-state index >= 15 is 0 Å². The van der Waals surface area contributed by atoms with Gasteiger partial charge in [-0.1, -0.05) is 12.1 Å². The van der Waals surface area contributed by atoms with Gasteiger partial charge in [0.1, 0.15) is 5.75 Å². The Balaban J connectivity index is 2.02. The molecule has 0 spiro atoms. The molecule has 2 rings (SSSR count). The lowest BCUT2D eigenvalue weighted by atomic mass is 10.1. The first-order valence-electron chi connectivity index (χ1n) is 7.70. The average molecular weight is 290 g/mol. The number of hydrogen-bond acceptors (Lipinski definition) is 3. The molecule has 1 amide bonds. The van der Waals surface area contributed by atoms with E-state index in [9.17, 15) is 4.79 Å². The molecule has 1 N–H and O–H groups in total. The number of benzene rings is 1. The molecule has 0 heterocycles. The fourth-order valence-corrected chi connectivity index (χ4v) is 2.49. The second kappa shape index (κ2) is 6.94. The number of nitrogens with zero attached hydrogens (tertiary/aromatic N) is 1. The predicted octanol–water partition coefficient (Wildman–Crippen LogP) is 2.57. The van der Waals surface area contributed by atoms with E-state index in [1.165, 1.54) is 18.4 Å². The highest BCUT2D eigenvalue weighted by atomic mass is 16.5. The van der Waals surface area contributed by atoms with Gasteiger partial charge in [0.2, 0.25) is 5.91 Å². The fourth-order valence-electron chi connectivity index (χ4n) is 2.49. The molecule has 116 valence electrons. The van der Waals surface area contributed by atoms with E-state index < -0.39 is 0 Å². The minimum Gasteiger partial charge on any atom is -0.497 e. The highest BCUT2D eigenvalue weighted by Gasteiger charge is 2.35. The Hall–Kier alpha value is -1.55. The van der Waals surface area contributed by atoms with Gasteiger partial charge in [0.15, 0.2) is 0 Å². The summed E-state index contributed by atoms with van der Waals surface area (Å²) in [6, 6.07) is 8.71. The van der Waals surface area contributed by atoms with E-state index in [4.69, 9.17) is 4.74 Å². The maximum atomic E-state index is 12.2. The van der Waals surface area contributed by atoms with Gasteiger partial charge < -0.3 is 10.1 Å². The zero-order chi connectivity index (χ0) is 15.4. The third-order valence-corrected chi connectivity index (χ3v) is 3.85. The number of carbonyl (C=O) groups excluding carboxylic acids is 1. The van der Waals surface area contributed by atoms with Crippen LogP contribution in [0.25, 0.3) is 0 Å². The van der Waals surface area contributed by atoms with Gasteiger partial charge in [-0.25, -0.2) is 0 Å². The first-order chi connectivity index (χ1) is 10.0. The number of amides is 1. The Bertz CT molecular complexity index is 466. The largest absolute Gasteiger partial charge is 0.497 e. The number of rotatable bonds is 7. The number of methoxy groups -OCH3 is 1. The quantitative estimate of drug-likeness (QED) is 0.839. The summed E-state index contributed by atoms with van der Waals surface area (Å²) in [5.74, 6) is 0.979. The fraction of sp³-hybridized carbons (Fsp3) is 0.588. The zero-order valence-electron chi connectivity index (χ0n) is 13.4. The van der Waals surface area contributed by atoms with Crippen LogP contribution in [0.15, 0.2) is 24.3 Å². The molecule has 0 unspecified atom stereocenters. The average Bonchev–Trinajstić information content (AvgIpc) is 3.28. The third-order valence-electron chi connectivity index (χ3n) is 3.85. The zero-order valence-corrected chi connectivity index (χ0v) is 13.4. The Kier molecular flexibility index (Phi) is 5.23. The summed E-state index contributed by atoms with van der Waals surface area (Å²) in [6.45, 7) is 6.80. The van der Waals surface area contributed by atoms with Crippen LogP contribution in [0.3, 0.4) is 0 Å². The standard InChI is InChI=1S/C17H26N2O2/c1-12(2)18-17(20)13(3)19(15-7-8-15)11-14-5-9-16(21-4)10-6-14/h5-6,9-10,12-13,15H,7-8,11H2,1-4H3,(H,18,20)/t13-/m1/s1. The first kappa shape index (κ1) is 15.8. The van der Waals surface area contributed by atoms with Crippen molar-refractivity contribution in [1.29, 1.82) is 0 Å². The van der Waals surface area contributed by atoms with Gasteiger partial charge in [-0.2, -0.15) is 0 Å². The molecule has 4 heteroatoms. The van der Waals surface area contributed by atoms with Crippen LogP contribution in [0.4, 0.5) is 0 Å². The molecule has 1 aromatic carbocycles. The van der Waals surface area contributed by atoms with Crippen LogP contribution in [0.1, 0.15) is 39.2 Å². The molecule has 0 aromatic heterocycles. The molecular weight excluding hydrogens is 264 g/mol. The Morgan fingerprint density at radius 2 is 1.90 bits per heavy atom. The molecule has 0 bridgehead atoms. The van der Waals surface area contributed by atoms with E-state index in [1.54, 1.807) is 7.11 Å². The van der Waals surface area contributed by atoms with E-state index in [2.05, 4.69) is 22.3 Å². The number of nitrogens with one attached hydrogen (secondary N) is 1. The van der Waals surface area contributed by atoms with Crippen molar-refractivity contribution < 1.29 is 9.53 Å². The molecule has 1 atom stereocenters. The van der Waals surface area contributed by atoms with E-state index in [0.29, 0.717) is 6.04 Å². The SMILES string of the molecule is COc1ccc(CN(C2CC2)[C@H](C)C(=O)NC(C)C)cc1. The second-order valence-electron chi connectivity index (χ2n) is 6.09. The Morgan fingerprint density at radius 1 is 1.29 bits per heavy atom. The van der Waals surface area contributed by atoms with Gasteiger partial charge in [0.05, 0.1) is 13.2 Å². The number of carbonyl (C=O) groups is 1. The van der Waals surface area contributed by atoms with Gasteiger partial charge in [-0.3, -0.25) is 9.69 Å². The highest BCUT2D eigenvalue weighted by Crippen LogP contribution is 2.30. The van der Waals surface area contributed by atoms with Crippen molar-refractivity contribution in [3.05, 3.63) is 29.8 Å². The summed E-state index contributed by atoms with van der Waals surface area (Å²) < 4.78 is 5.19. The normalized spacial score (nSPS) is 16.1. The smallest absolute Gasteiger partial charge is 0.237 e. The van der Waals surface area contributed by atoms with Crippen LogP contribution in [-0.2, 0) is 11.3 Å². The van der Waals surface area contributed by atoms with Gasteiger partial charge >= 0.3 is 0 Å². The molecule has 1 saturated carbocycles. The number of ether oxygens (including phenoxy) is 1. The van der Waals surface area contributed by atoms with Crippen molar-refractivity contribution in [3.8, 4) is 5.75 Å². The maximum Gasteiger partial charge on any atom is 0.237 e. The van der Waals surface area contributed by atoms with Crippen molar-refractivity contribution in [2.24, 2.45) is 0 Å². The molecule has 1 aromatic rings. The van der Waals surface area contributed by atoms with E-state index in [-0.39, 0.29) is 18.0 Å². The van der Waals surface area contributed by atoms with Crippen molar-refractivity contribution >= 4 is 5.91 Å². The predicted molar refractivity (Wildman–Crippen MR) is 84.3 cm³/mol. The maximum absolute atomic E-state index is 12.2. The lowest BCUT2D eigenvalue weighted by Crippen LogP contribution is -2.47. The van der Waals surface area contributed by atoms with Gasteiger partial charge in [0.25, 0.3) is 0 Å². The van der Waals surface area contributed by atoms with Crippen molar-refractivity contribution in [1.82, 2.24) is 10.2 Å². The summed E-state index contributed by atoms with van der Waals surface area (Å²) in [5, 5.41) is 3.01. The molecule has 21 heavy (non-hydrogen) atoms. The van der Waals surface area contributed by atoms with E-state index in [1.807, 2.05) is 32.9 Å². The molecule has 4 nitrogen and oxygen atoms in total. The topological polar surface area (TPSA) is 41.6 Å². The molecule has 1 fully saturated rings. The first-order valence-corrected chi connectivity index (χ1v) is 7.70. The van der Waals surface area contributed by atoms with Crippen molar-refractivity contribution in [2.45, 2.75) is 58.3 Å². The molecule has 0 radical (unpaired) electrons. The van der Waals surface area contributed by atoms with Crippen LogP contribution < -0.4 is 10.1 Å². The minimum atomic E-state index is -0.0954. The molecule has 1 aliphatic carbocycles. The van der Waals surface area contributed by atoms with Crippen LogP contribution in [0.5, 0.6) is 5.75 Å². The van der Waals surface area contributed by atoms with Gasteiger partial charge in [-0.15, -0.1) is 0 Å². The van der Waals surface area contributed by atoms with Gasteiger partial charge in [-0.05, 0) is 51.3 Å². The van der Waals surface area contributed by atoms with Crippen LogP contribution in [0, 0.1) is 0 Å². The van der Waals surface area contributed by atoms with Crippen molar-refractivity contribution in [3.63, 3.8) is 0 Å². The summed E-state index contributed by atoms with van der Waals surface area (Å²) in [4.78, 5) is 14.6. The summed E-state index contributed by atoms with van der Waals surface area (Å²) in [5.41, 5.74) is 1.21.